The Morgan fingerprint density at radius 1 is 1.57 bits per heavy atom. The SMILES string of the molecule is NC(=O)C#Cc1cccc(C=NO)c1. The molecule has 0 heterocycles. The van der Waals surface area contributed by atoms with Gasteiger partial charge in [0.05, 0.1) is 6.21 Å². The number of oxime groups is 1. The third-order valence-electron chi connectivity index (χ3n) is 1.42. The van der Waals surface area contributed by atoms with Gasteiger partial charge in [0.1, 0.15) is 0 Å². The van der Waals surface area contributed by atoms with Gasteiger partial charge in [0.15, 0.2) is 0 Å². The molecule has 0 saturated heterocycles. The van der Waals surface area contributed by atoms with Gasteiger partial charge in [-0.3, -0.25) is 4.79 Å². The van der Waals surface area contributed by atoms with E-state index in [-0.39, 0.29) is 0 Å². The van der Waals surface area contributed by atoms with Crippen LogP contribution in [0.2, 0.25) is 0 Å². The van der Waals surface area contributed by atoms with Gasteiger partial charge in [-0.25, -0.2) is 0 Å². The Balaban J connectivity index is 2.96. The summed E-state index contributed by atoms with van der Waals surface area (Å²) in [5, 5.41) is 11.2. The molecule has 1 rings (SSSR count). The molecule has 0 radical (unpaired) electrons. The van der Waals surface area contributed by atoms with Crippen molar-refractivity contribution in [2.24, 2.45) is 10.9 Å². The highest BCUT2D eigenvalue weighted by atomic mass is 16.4. The molecule has 0 aliphatic rings. The van der Waals surface area contributed by atoms with Crippen molar-refractivity contribution in [2.45, 2.75) is 0 Å². The summed E-state index contributed by atoms with van der Waals surface area (Å²) in [4.78, 5) is 10.4. The van der Waals surface area contributed by atoms with Gasteiger partial charge in [-0.1, -0.05) is 23.2 Å². The number of nitrogens with two attached hydrogens (primary N) is 1. The molecule has 0 aliphatic heterocycles. The van der Waals surface area contributed by atoms with Crippen molar-refractivity contribution in [1.29, 1.82) is 0 Å². The molecule has 0 bridgehead atoms. The molecule has 1 aromatic rings. The predicted octanol–water partition coefficient (Wildman–Crippen LogP) is 0.332. The van der Waals surface area contributed by atoms with Crippen LogP contribution in [0.25, 0.3) is 0 Å². The Hall–Kier alpha value is -2.28. The monoisotopic (exact) mass is 188 g/mol. The van der Waals surface area contributed by atoms with E-state index >= 15 is 0 Å². The van der Waals surface area contributed by atoms with Gasteiger partial charge in [0, 0.05) is 5.56 Å². The van der Waals surface area contributed by atoms with Crippen LogP contribution in [0.4, 0.5) is 0 Å². The summed E-state index contributed by atoms with van der Waals surface area (Å²) < 4.78 is 0. The third-order valence-corrected chi connectivity index (χ3v) is 1.42. The van der Waals surface area contributed by atoms with Crippen LogP contribution in [-0.2, 0) is 4.79 Å². The van der Waals surface area contributed by atoms with E-state index in [1.165, 1.54) is 6.21 Å². The molecule has 0 aliphatic carbocycles. The first kappa shape index (κ1) is 9.81. The minimum Gasteiger partial charge on any atom is -0.411 e. The normalized spacial score (nSPS) is 9.43. The molecule has 1 aromatic carbocycles. The lowest BCUT2D eigenvalue weighted by atomic mass is 10.1. The summed E-state index contributed by atoms with van der Waals surface area (Å²) in [6.07, 6.45) is 1.27. The average Bonchev–Trinajstić information content (AvgIpc) is 2.16. The fraction of sp³-hybridized carbons (Fsp3) is 0. The van der Waals surface area contributed by atoms with Gasteiger partial charge in [-0.2, -0.15) is 0 Å². The number of nitrogens with zero attached hydrogens (tertiary/aromatic N) is 1. The van der Waals surface area contributed by atoms with Gasteiger partial charge in [0.2, 0.25) is 0 Å². The molecule has 14 heavy (non-hydrogen) atoms. The number of carbonyl (C=O) groups excluding carboxylic acids is 1. The quantitative estimate of drug-likeness (QED) is 0.288. The minimum atomic E-state index is -0.675. The summed E-state index contributed by atoms with van der Waals surface area (Å²) in [5.74, 6) is 4.11. The molecule has 70 valence electrons. The highest BCUT2D eigenvalue weighted by molar-refractivity contribution is 5.92. The van der Waals surface area contributed by atoms with E-state index < -0.39 is 5.91 Å². The molecule has 0 spiro atoms. The van der Waals surface area contributed by atoms with Crippen LogP contribution in [0, 0.1) is 11.8 Å². The number of hydrogen-bond acceptors (Lipinski definition) is 3. The Labute approximate surface area is 81.0 Å². The largest absolute Gasteiger partial charge is 0.411 e. The smallest absolute Gasteiger partial charge is 0.293 e. The summed E-state index contributed by atoms with van der Waals surface area (Å²) >= 11 is 0. The van der Waals surface area contributed by atoms with Gasteiger partial charge < -0.3 is 10.9 Å². The molecular weight excluding hydrogens is 180 g/mol. The lowest BCUT2D eigenvalue weighted by Crippen LogP contribution is -2.06. The lowest BCUT2D eigenvalue weighted by molar-refractivity contribution is -0.112. The molecular formula is C10H8N2O2. The second-order valence-corrected chi connectivity index (χ2v) is 2.48. The maximum absolute atomic E-state index is 10.4. The lowest BCUT2D eigenvalue weighted by Gasteiger charge is -1.92. The van der Waals surface area contributed by atoms with Crippen LogP contribution < -0.4 is 5.73 Å². The Morgan fingerprint density at radius 2 is 2.36 bits per heavy atom. The Bertz CT molecular complexity index is 427. The fourth-order valence-corrected chi connectivity index (χ4v) is 0.897. The third kappa shape index (κ3) is 2.99. The van der Waals surface area contributed by atoms with Crippen molar-refractivity contribution in [2.75, 3.05) is 0 Å². The van der Waals surface area contributed by atoms with Crippen molar-refractivity contribution in [3.8, 4) is 11.8 Å². The van der Waals surface area contributed by atoms with Crippen molar-refractivity contribution in [3.05, 3.63) is 35.4 Å². The predicted molar refractivity (Wildman–Crippen MR) is 51.9 cm³/mol. The number of amides is 1. The van der Waals surface area contributed by atoms with E-state index in [0.717, 1.165) is 0 Å². The molecule has 0 aromatic heterocycles. The summed E-state index contributed by atoms with van der Waals surface area (Å²) in [7, 11) is 0. The van der Waals surface area contributed by atoms with Gasteiger partial charge in [-0.15, -0.1) is 0 Å². The van der Waals surface area contributed by atoms with Crippen LogP contribution in [-0.4, -0.2) is 17.3 Å². The van der Waals surface area contributed by atoms with E-state index in [0.29, 0.717) is 11.1 Å². The fourth-order valence-electron chi connectivity index (χ4n) is 0.897. The van der Waals surface area contributed by atoms with Crippen LogP contribution in [0.1, 0.15) is 11.1 Å². The highest BCUT2D eigenvalue weighted by Crippen LogP contribution is 2.01. The number of carbonyl (C=O) groups is 1. The van der Waals surface area contributed by atoms with Crippen molar-refractivity contribution in [1.82, 2.24) is 0 Å². The second-order valence-electron chi connectivity index (χ2n) is 2.48. The van der Waals surface area contributed by atoms with E-state index in [2.05, 4.69) is 17.0 Å². The molecule has 1 amide bonds. The van der Waals surface area contributed by atoms with Crippen LogP contribution >= 0.6 is 0 Å². The van der Waals surface area contributed by atoms with E-state index in [1.54, 1.807) is 24.3 Å². The van der Waals surface area contributed by atoms with Crippen LogP contribution in [0.3, 0.4) is 0 Å². The maximum Gasteiger partial charge on any atom is 0.293 e. The van der Waals surface area contributed by atoms with E-state index in [4.69, 9.17) is 10.9 Å². The van der Waals surface area contributed by atoms with Crippen LogP contribution in [0.15, 0.2) is 29.4 Å². The van der Waals surface area contributed by atoms with E-state index in [9.17, 15) is 4.79 Å². The first-order chi connectivity index (χ1) is 6.72. The maximum atomic E-state index is 10.4. The standard InChI is InChI=1S/C10H8N2O2/c11-10(13)5-4-8-2-1-3-9(6-8)7-12-14/h1-3,6-7,14H,(H2,11,13). The Kier molecular flexibility index (Phi) is 3.27. The number of primary amides is 1. The van der Waals surface area contributed by atoms with Crippen molar-refractivity contribution in [3.63, 3.8) is 0 Å². The zero-order valence-corrected chi connectivity index (χ0v) is 7.27. The topological polar surface area (TPSA) is 75.7 Å². The summed E-state index contributed by atoms with van der Waals surface area (Å²) in [6.45, 7) is 0. The second kappa shape index (κ2) is 4.67. The summed E-state index contributed by atoms with van der Waals surface area (Å²) in [5.41, 5.74) is 6.20. The van der Waals surface area contributed by atoms with Gasteiger partial charge in [0.25, 0.3) is 5.91 Å². The minimum absolute atomic E-state index is 0.640. The zero-order chi connectivity index (χ0) is 10.4. The van der Waals surface area contributed by atoms with Gasteiger partial charge in [-0.05, 0) is 23.6 Å². The molecule has 0 saturated carbocycles. The molecule has 3 N–H and O–H groups in total. The van der Waals surface area contributed by atoms with Crippen molar-refractivity contribution < 1.29 is 10.0 Å². The summed E-state index contributed by atoms with van der Waals surface area (Å²) in [6, 6.07) is 6.89. The first-order valence-corrected chi connectivity index (χ1v) is 3.81. The molecule has 4 heteroatoms. The molecule has 4 nitrogen and oxygen atoms in total. The molecule has 0 atom stereocenters. The highest BCUT2D eigenvalue weighted by Gasteiger charge is 1.90. The average molecular weight is 188 g/mol. The van der Waals surface area contributed by atoms with Crippen LogP contribution in [0.5, 0.6) is 0 Å². The zero-order valence-electron chi connectivity index (χ0n) is 7.27. The first-order valence-electron chi connectivity index (χ1n) is 3.81. The number of benzene rings is 1. The molecule has 0 unspecified atom stereocenters. The van der Waals surface area contributed by atoms with Crippen molar-refractivity contribution >= 4 is 12.1 Å². The van der Waals surface area contributed by atoms with Gasteiger partial charge >= 0.3 is 0 Å². The number of rotatable bonds is 1. The number of hydrogen-bond donors (Lipinski definition) is 2. The Morgan fingerprint density at radius 3 is 3.00 bits per heavy atom. The molecule has 0 fully saturated rings. The van der Waals surface area contributed by atoms with E-state index in [1.807, 2.05) is 0 Å².